The van der Waals surface area contributed by atoms with Crippen molar-refractivity contribution in [2.45, 2.75) is 30.6 Å². The van der Waals surface area contributed by atoms with Gasteiger partial charge in [-0.2, -0.15) is 11.8 Å². The third kappa shape index (κ3) is 4.25. The van der Waals surface area contributed by atoms with Gasteiger partial charge in [-0.1, -0.05) is 18.2 Å². The Labute approximate surface area is 119 Å². The molecule has 0 spiro atoms. The number of anilines is 1. The summed E-state index contributed by atoms with van der Waals surface area (Å²) in [7, 11) is 2.05. The van der Waals surface area contributed by atoms with E-state index in [1.54, 1.807) is 0 Å². The van der Waals surface area contributed by atoms with Crippen LogP contribution in [0.3, 0.4) is 0 Å². The van der Waals surface area contributed by atoms with Gasteiger partial charge in [0.1, 0.15) is 0 Å². The van der Waals surface area contributed by atoms with Crippen molar-refractivity contribution in [1.29, 1.82) is 0 Å². The Balaban J connectivity index is 1.79. The second-order valence-electron chi connectivity index (χ2n) is 5.15. The average Bonchev–Trinajstić information content (AvgIpc) is 2.88. The van der Waals surface area contributed by atoms with Crippen LogP contribution in [0, 0.1) is 0 Å². The van der Waals surface area contributed by atoms with Crippen LogP contribution in [0.15, 0.2) is 30.3 Å². The SMILES string of the molecule is CS[C@H]1CC[C@@H](N(C)CC(=O)Nc2ccccc2)C1. The molecule has 4 heteroatoms. The maximum Gasteiger partial charge on any atom is 0.238 e. The Hall–Kier alpha value is -1.00. The molecule has 1 amide bonds. The molecule has 1 aliphatic rings. The van der Waals surface area contributed by atoms with Crippen LogP contribution >= 0.6 is 11.8 Å². The maximum atomic E-state index is 12.0. The van der Waals surface area contributed by atoms with Gasteiger partial charge in [-0.15, -0.1) is 0 Å². The molecule has 1 saturated carbocycles. The van der Waals surface area contributed by atoms with Crippen molar-refractivity contribution in [2.24, 2.45) is 0 Å². The number of carbonyl (C=O) groups excluding carboxylic acids is 1. The van der Waals surface area contributed by atoms with E-state index in [-0.39, 0.29) is 5.91 Å². The van der Waals surface area contributed by atoms with Gasteiger partial charge < -0.3 is 5.32 Å². The average molecular weight is 278 g/mol. The van der Waals surface area contributed by atoms with Crippen LogP contribution in [-0.4, -0.2) is 41.9 Å². The lowest BCUT2D eigenvalue weighted by molar-refractivity contribution is -0.117. The van der Waals surface area contributed by atoms with Gasteiger partial charge in [-0.05, 0) is 44.7 Å². The zero-order valence-corrected chi connectivity index (χ0v) is 12.5. The fraction of sp³-hybridized carbons (Fsp3) is 0.533. The first-order valence-corrected chi connectivity index (χ1v) is 8.05. The fourth-order valence-electron chi connectivity index (χ4n) is 2.61. The van der Waals surface area contributed by atoms with Crippen molar-refractivity contribution in [3.8, 4) is 0 Å². The number of nitrogens with one attached hydrogen (secondary N) is 1. The van der Waals surface area contributed by atoms with Gasteiger partial charge in [0.15, 0.2) is 0 Å². The van der Waals surface area contributed by atoms with Crippen molar-refractivity contribution < 1.29 is 4.79 Å². The standard InChI is InChI=1S/C15H22N2OS/c1-17(13-8-9-14(10-13)19-2)11-15(18)16-12-6-4-3-5-7-12/h3-7,13-14H,8-11H2,1-2H3,(H,16,18)/t13-,14+/m1/s1. The molecule has 2 atom stereocenters. The van der Waals surface area contributed by atoms with Gasteiger partial charge >= 0.3 is 0 Å². The summed E-state index contributed by atoms with van der Waals surface area (Å²) in [4.78, 5) is 14.2. The van der Waals surface area contributed by atoms with Crippen molar-refractivity contribution in [3.05, 3.63) is 30.3 Å². The molecule has 0 aromatic heterocycles. The summed E-state index contributed by atoms with van der Waals surface area (Å²) in [5.41, 5.74) is 0.870. The summed E-state index contributed by atoms with van der Waals surface area (Å²) < 4.78 is 0. The van der Waals surface area contributed by atoms with Gasteiger partial charge in [0.2, 0.25) is 5.91 Å². The number of thioether (sulfide) groups is 1. The smallest absolute Gasteiger partial charge is 0.238 e. The molecule has 3 nitrogen and oxygen atoms in total. The zero-order valence-electron chi connectivity index (χ0n) is 11.6. The predicted molar refractivity (Wildman–Crippen MR) is 82.6 cm³/mol. The van der Waals surface area contributed by atoms with Crippen LogP contribution in [-0.2, 0) is 4.79 Å². The Morgan fingerprint density at radius 3 is 2.74 bits per heavy atom. The van der Waals surface area contributed by atoms with Gasteiger partial charge in [0.05, 0.1) is 6.54 Å². The highest BCUT2D eigenvalue weighted by Gasteiger charge is 2.27. The first-order chi connectivity index (χ1) is 9.19. The summed E-state index contributed by atoms with van der Waals surface area (Å²) in [6.07, 6.45) is 5.86. The third-order valence-corrected chi connectivity index (χ3v) is 4.86. The van der Waals surface area contributed by atoms with E-state index in [1.165, 1.54) is 19.3 Å². The molecule has 0 aliphatic heterocycles. The van der Waals surface area contributed by atoms with Gasteiger partial charge in [0, 0.05) is 17.0 Å². The molecule has 2 rings (SSSR count). The minimum atomic E-state index is 0.0706. The largest absolute Gasteiger partial charge is 0.325 e. The van der Waals surface area contributed by atoms with Crippen molar-refractivity contribution in [3.63, 3.8) is 0 Å². The predicted octanol–water partition coefficient (Wildman–Crippen LogP) is 2.84. The lowest BCUT2D eigenvalue weighted by Gasteiger charge is -2.23. The van der Waals surface area contributed by atoms with E-state index in [9.17, 15) is 4.79 Å². The second-order valence-corrected chi connectivity index (χ2v) is 6.29. The van der Waals surface area contributed by atoms with Crippen LogP contribution in [0.5, 0.6) is 0 Å². The molecule has 0 bridgehead atoms. The number of carbonyl (C=O) groups is 1. The molecular formula is C15H22N2OS. The summed E-state index contributed by atoms with van der Waals surface area (Å²) >= 11 is 1.95. The molecule has 0 radical (unpaired) electrons. The van der Waals surface area contributed by atoms with Gasteiger partial charge in [0.25, 0.3) is 0 Å². The molecule has 1 fully saturated rings. The number of rotatable bonds is 5. The molecule has 0 heterocycles. The summed E-state index contributed by atoms with van der Waals surface area (Å²) in [5.74, 6) is 0.0706. The number of amides is 1. The molecule has 19 heavy (non-hydrogen) atoms. The lowest BCUT2D eigenvalue weighted by atomic mass is 10.2. The van der Waals surface area contributed by atoms with Crippen LogP contribution in [0.25, 0.3) is 0 Å². The topological polar surface area (TPSA) is 32.3 Å². The van der Waals surface area contributed by atoms with E-state index >= 15 is 0 Å². The number of nitrogens with zero attached hydrogens (tertiary/aromatic N) is 1. The number of benzene rings is 1. The highest BCUT2D eigenvalue weighted by Crippen LogP contribution is 2.30. The third-order valence-electron chi connectivity index (χ3n) is 3.76. The van der Waals surface area contributed by atoms with E-state index < -0.39 is 0 Å². The molecular weight excluding hydrogens is 256 g/mol. The summed E-state index contributed by atoms with van der Waals surface area (Å²) in [5, 5.41) is 3.70. The first kappa shape index (κ1) is 14.4. The summed E-state index contributed by atoms with van der Waals surface area (Å²) in [6, 6.07) is 10.2. The van der Waals surface area contributed by atoms with Crippen molar-refractivity contribution in [2.75, 3.05) is 25.2 Å². The quantitative estimate of drug-likeness (QED) is 0.899. The van der Waals surface area contributed by atoms with Crippen molar-refractivity contribution in [1.82, 2.24) is 4.90 Å². The molecule has 1 aromatic rings. The minimum absolute atomic E-state index is 0.0706. The van der Waals surface area contributed by atoms with Gasteiger partial charge in [-0.3, -0.25) is 9.69 Å². The number of likely N-dealkylation sites (N-methyl/N-ethyl adjacent to an activating group) is 1. The van der Waals surface area contributed by atoms with Crippen LogP contribution in [0.2, 0.25) is 0 Å². The van der Waals surface area contributed by atoms with Crippen LogP contribution < -0.4 is 5.32 Å². The Morgan fingerprint density at radius 1 is 1.37 bits per heavy atom. The summed E-state index contributed by atoms with van der Waals surface area (Å²) in [6.45, 7) is 0.473. The lowest BCUT2D eigenvalue weighted by Crippen LogP contribution is -2.36. The molecule has 104 valence electrons. The number of hydrogen-bond donors (Lipinski definition) is 1. The van der Waals surface area contributed by atoms with E-state index in [2.05, 4.69) is 23.5 Å². The minimum Gasteiger partial charge on any atom is -0.325 e. The highest BCUT2D eigenvalue weighted by molar-refractivity contribution is 7.99. The second kappa shape index (κ2) is 6.96. The normalized spacial score (nSPS) is 22.7. The first-order valence-electron chi connectivity index (χ1n) is 6.77. The van der Waals surface area contributed by atoms with Gasteiger partial charge in [-0.25, -0.2) is 0 Å². The van der Waals surface area contributed by atoms with E-state index in [4.69, 9.17) is 0 Å². The zero-order chi connectivity index (χ0) is 13.7. The van der Waals surface area contributed by atoms with E-state index in [0.29, 0.717) is 12.6 Å². The Kier molecular flexibility index (Phi) is 5.28. The molecule has 1 aliphatic carbocycles. The van der Waals surface area contributed by atoms with Crippen LogP contribution in [0.4, 0.5) is 5.69 Å². The molecule has 0 unspecified atom stereocenters. The molecule has 1 N–H and O–H groups in total. The number of para-hydroxylation sites is 1. The number of hydrogen-bond acceptors (Lipinski definition) is 3. The fourth-order valence-corrected chi connectivity index (χ4v) is 3.40. The Bertz CT molecular complexity index is 410. The maximum absolute atomic E-state index is 12.0. The van der Waals surface area contributed by atoms with E-state index in [1.807, 2.05) is 42.1 Å². The van der Waals surface area contributed by atoms with E-state index in [0.717, 1.165) is 10.9 Å². The molecule has 1 aromatic carbocycles. The highest BCUT2D eigenvalue weighted by atomic mass is 32.2. The Morgan fingerprint density at radius 2 is 2.11 bits per heavy atom. The molecule has 0 saturated heterocycles. The van der Waals surface area contributed by atoms with Crippen molar-refractivity contribution >= 4 is 23.4 Å². The van der Waals surface area contributed by atoms with Crippen LogP contribution in [0.1, 0.15) is 19.3 Å². The monoisotopic (exact) mass is 278 g/mol.